The molecule has 2 aromatic rings. The van der Waals surface area contributed by atoms with Crippen molar-refractivity contribution in [1.29, 1.82) is 0 Å². The third-order valence-electron chi connectivity index (χ3n) is 4.58. The Hall–Kier alpha value is -1.73. The van der Waals surface area contributed by atoms with Crippen molar-refractivity contribution in [3.05, 3.63) is 41.7 Å². The molecule has 1 saturated carbocycles. The summed E-state index contributed by atoms with van der Waals surface area (Å²) in [4.78, 5) is 0.313. The van der Waals surface area contributed by atoms with E-state index in [1.54, 1.807) is 29.1 Å². The number of benzene rings is 1. The largest absolute Gasteiger partial charge is 0.389 e. The smallest absolute Gasteiger partial charge is 0.175 e. The van der Waals surface area contributed by atoms with Crippen LogP contribution in [0.5, 0.6) is 0 Å². The van der Waals surface area contributed by atoms with Gasteiger partial charge >= 0.3 is 0 Å². The highest BCUT2D eigenvalue weighted by Gasteiger charge is 2.30. The second-order valence-electron chi connectivity index (χ2n) is 6.75. The second-order valence-corrected chi connectivity index (χ2v) is 8.73. The van der Waals surface area contributed by atoms with E-state index in [0.717, 1.165) is 31.4 Å². The van der Waals surface area contributed by atoms with E-state index in [9.17, 15) is 13.5 Å². The second kappa shape index (κ2) is 6.64. The van der Waals surface area contributed by atoms with Gasteiger partial charge in [0.15, 0.2) is 9.84 Å². The Balaban J connectivity index is 1.75. The zero-order valence-electron chi connectivity index (χ0n) is 13.9. The Bertz CT molecular complexity index is 808. The van der Waals surface area contributed by atoms with Crippen molar-refractivity contribution >= 4 is 9.84 Å². The number of aliphatic hydroxyl groups is 1. The van der Waals surface area contributed by atoms with Gasteiger partial charge < -0.3 is 5.11 Å². The molecule has 1 aliphatic carbocycles. The van der Waals surface area contributed by atoms with Crippen molar-refractivity contribution < 1.29 is 13.5 Å². The van der Waals surface area contributed by atoms with Crippen LogP contribution in [0.3, 0.4) is 0 Å². The lowest BCUT2D eigenvalue weighted by Gasteiger charge is -2.31. The van der Waals surface area contributed by atoms with Crippen molar-refractivity contribution in [2.75, 3.05) is 6.26 Å². The van der Waals surface area contributed by atoms with E-state index >= 15 is 0 Å². The molecule has 130 valence electrons. The molecular weight excluding hydrogens is 326 g/mol. The van der Waals surface area contributed by atoms with Gasteiger partial charge in [-0.3, -0.25) is 0 Å². The van der Waals surface area contributed by atoms with Crippen LogP contribution in [0, 0.1) is 0 Å². The number of hydrogen-bond donors (Lipinski definition) is 1. The SMILES string of the molecule is CS(=O)(=O)c1ccccc1Cn1cc(CC2(O)CCCCC2)nn1. The van der Waals surface area contributed by atoms with Gasteiger partial charge in [-0.15, -0.1) is 5.10 Å². The van der Waals surface area contributed by atoms with Gasteiger partial charge in [-0.05, 0) is 24.5 Å². The lowest BCUT2D eigenvalue weighted by Crippen LogP contribution is -2.33. The molecule has 0 saturated heterocycles. The zero-order chi connectivity index (χ0) is 17.2. The molecule has 0 radical (unpaired) electrons. The van der Waals surface area contributed by atoms with Crippen LogP contribution < -0.4 is 0 Å². The van der Waals surface area contributed by atoms with Crippen molar-refractivity contribution in [2.45, 2.75) is 55.6 Å². The fourth-order valence-electron chi connectivity index (χ4n) is 3.39. The highest BCUT2D eigenvalue weighted by atomic mass is 32.2. The van der Waals surface area contributed by atoms with Crippen LogP contribution in [0.15, 0.2) is 35.4 Å². The van der Waals surface area contributed by atoms with Gasteiger partial charge in [-0.25, -0.2) is 13.1 Å². The van der Waals surface area contributed by atoms with Gasteiger partial charge in [0.05, 0.1) is 22.7 Å². The molecule has 0 amide bonds. The van der Waals surface area contributed by atoms with Crippen LogP contribution in [0.25, 0.3) is 0 Å². The molecule has 24 heavy (non-hydrogen) atoms. The molecule has 1 aliphatic rings. The topological polar surface area (TPSA) is 85.1 Å². The van der Waals surface area contributed by atoms with Crippen molar-refractivity contribution in [3.8, 4) is 0 Å². The monoisotopic (exact) mass is 349 g/mol. The molecule has 1 N–H and O–H groups in total. The first kappa shape index (κ1) is 17.1. The van der Waals surface area contributed by atoms with E-state index in [2.05, 4.69) is 10.3 Å². The van der Waals surface area contributed by atoms with E-state index in [0.29, 0.717) is 23.4 Å². The minimum absolute atomic E-state index is 0.313. The molecule has 0 unspecified atom stereocenters. The maximum Gasteiger partial charge on any atom is 0.175 e. The van der Waals surface area contributed by atoms with E-state index < -0.39 is 15.4 Å². The maximum absolute atomic E-state index is 11.9. The quantitative estimate of drug-likeness (QED) is 0.892. The van der Waals surface area contributed by atoms with Crippen molar-refractivity contribution in [3.63, 3.8) is 0 Å². The minimum Gasteiger partial charge on any atom is -0.389 e. The summed E-state index contributed by atoms with van der Waals surface area (Å²) in [5.74, 6) is 0. The summed E-state index contributed by atoms with van der Waals surface area (Å²) in [5, 5.41) is 18.9. The van der Waals surface area contributed by atoms with Crippen LogP contribution in [0.1, 0.15) is 43.4 Å². The Morgan fingerprint density at radius 3 is 2.62 bits per heavy atom. The molecule has 7 heteroatoms. The fourth-order valence-corrected chi connectivity index (χ4v) is 4.33. The standard InChI is InChI=1S/C17H23N3O3S/c1-24(22,23)16-8-4-3-7-14(16)12-20-13-15(18-19-20)11-17(21)9-5-2-6-10-17/h3-4,7-8,13,21H,2,5-6,9-12H2,1H3. The predicted molar refractivity (Wildman–Crippen MR) is 90.4 cm³/mol. The first-order chi connectivity index (χ1) is 11.4. The molecule has 0 bridgehead atoms. The van der Waals surface area contributed by atoms with Gasteiger partial charge in [0.25, 0.3) is 0 Å². The normalized spacial score (nSPS) is 17.8. The third kappa shape index (κ3) is 4.02. The molecule has 1 heterocycles. The van der Waals surface area contributed by atoms with Gasteiger partial charge in [0.2, 0.25) is 0 Å². The molecule has 6 nitrogen and oxygen atoms in total. The van der Waals surface area contributed by atoms with Crippen LogP contribution in [-0.2, 0) is 22.8 Å². The van der Waals surface area contributed by atoms with Crippen LogP contribution in [0.4, 0.5) is 0 Å². The van der Waals surface area contributed by atoms with Gasteiger partial charge in [0.1, 0.15) is 0 Å². The molecule has 1 aromatic heterocycles. The average molecular weight is 349 g/mol. The molecule has 1 fully saturated rings. The lowest BCUT2D eigenvalue weighted by molar-refractivity contribution is 0.00364. The van der Waals surface area contributed by atoms with E-state index in [-0.39, 0.29) is 0 Å². The molecule has 0 spiro atoms. The summed E-state index contributed by atoms with van der Waals surface area (Å²) in [6.45, 7) is 0.342. The number of rotatable bonds is 5. The van der Waals surface area contributed by atoms with Crippen molar-refractivity contribution in [1.82, 2.24) is 15.0 Å². The van der Waals surface area contributed by atoms with Crippen LogP contribution in [-0.4, -0.2) is 40.4 Å². The highest BCUT2D eigenvalue weighted by Crippen LogP contribution is 2.30. The fraction of sp³-hybridized carbons (Fsp3) is 0.529. The summed E-state index contributed by atoms with van der Waals surface area (Å²) in [6.07, 6.45) is 8.38. The number of hydrogen-bond acceptors (Lipinski definition) is 5. The summed E-state index contributed by atoms with van der Waals surface area (Å²) in [6, 6.07) is 6.91. The van der Waals surface area contributed by atoms with E-state index in [1.807, 2.05) is 6.07 Å². The summed E-state index contributed by atoms with van der Waals surface area (Å²) >= 11 is 0. The summed E-state index contributed by atoms with van der Waals surface area (Å²) in [7, 11) is -3.28. The number of aromatic nitrogens is 3. The van der Waals surface area contributed by atoms with Gasteiger partial charge in [-0.2, -0.15) is 0 Å². The van der Waals surface area contributed by atoms with Crippen LogP contribution >= 0.6 is 0 Å². The number of nitrogens with zero attached hydrogens (tertiary/aromatic N) is 3. The zero-order valence-corrected chi connectivity index (χ0v) is 14.7. The Morgan fingerprint density at radius 2 is 1.92 bits per heavy atom. The third-order valence-corrected chi connectivity index (χ3v) is 5.78. The molecule has 1 aromatic carbocycles. The molecular formula is C17H23N3O3S. The first-order valence-corrected chi connectivity index (χ1v) is 10.1. The van der Waals surface area contributed by atoms with Gasteiger partial charge in [0, 0.05) is 18.9 Å². The summed E-state index contributed by atoms with van der Waals surface area (Å²) < 4.78 is 25.4. The van der Waals surface area contributed by atoms with E-state index in [1.165, 1.54) is 12.7 Å². The minimum atomic E-state index is -3.28. The number of sulfone groups is 1. The predicted octanol–water partition coefficient (Wildman–Crippen LogP) is 1.97. The molecule has 3 rings (SSSR count). The average Bonchev–Trinajstić information content (AvgIpc) is 2.94. The Kier molecular flexibility index (Phi) is 4.73. The molecule has 0 aliphatic heterocycles. The summed E-state index contributed by atoms with van der Waals surface area (Å²) in [5.41, 5.74) is 0.758. The highest BCUT2D eigenvalue weighted by molar-refractivity contribution is 7.90. The Morgan fingerprint density at radius 1 is 1.21 bits per heavy atom. The first-order valence-electron chi connectivity index (χ1n) is 8.25. The Labute approximate surface area is 142 Å². The maximum atomic E-state index is 11.9. The van der Waals surface area contributed by atoms with Gasteiger partial charge in [-0.1, -0.05) is 42.7 Å². The van der Waals surface area contributed by atoms with Crippen molar-refractivity contribution in [2.24, 2.45) is 0 Å². The molecule has 0 atom stereocenters. The van der Waals surface area contributed by atoms with E-state index in [4.69, 9.17) is 0 Å². The van der Waals surface area contributed by atoms with Crippen LogP contribution in [0.2, 0.25) is 0 Å². The lowest BCUT2D eigenvalue weighted by atomic mass is 9.82.